The SMILES string of the molecule is CC(C)[C@H](NC(=O)c1nc2ccccc2nc1O)C(=O)N1CCC(S(=O)(=O)c2ccc(F)cc2)CC1. The van der Waals surface area contributed by atoms with Crippen molar-refractivity contribution in [2.45, 2.75) is 42.9 Å². The van der Waals surface area contributed by atoms with Crippen molar-refractivity contribution in [3.63, 3.8) is 0 Å². The van der Waals surface area contributed by atoms with Crippen molar-refractivity contribution in [1.29, 1.82) is 0 Å². The maximum absolute atomic E-state index is 13.3. The number of carbonyl (C=O) groups excluding carboxylic acids is 2. The number of aromatic nitrogens is 2. The van der Waals surface area contributed by atoms with Crippen molar-refractivity contribution in [3.8, 4) is 5.88 Å². The van der Waals surface area contributed by atoms with Crippen LogP contribution in [0.15, 0.2) is 53.4 Å². The summed E-state index contributed by atoms with van der Waals surface area (Å²) in [4.78, 5) is 36.0. The van der Waals surface area contributed by atoms with Gasteiger partial charge in [-0.25, -0.2) is 22.8 Å². The molecule has 3 aromatic rings. The summed E-state index contributed by atoms with van der Waals surface area (Å²) in [7, 11) is -3.66. The van der Waals surface area contributed by atoms with Gasteiger partial charge in [0.25, 0.3) is 5.91 Å². The number of para-hydroxylation sites is 2. The Morgan fingerprint density at radius 1 is 1.03 bits per heavy atom. The molecule has 1 aliphatic heterocycles. The molecule has 36 heavy (non-hydrogen) atoms. The van der Waals surface area contributed by atoms with Gasteiger partial charge >= 0.3 is 0 Å². The van der Waals surface area contributed by atoms with E-state index in [0.717, 1.165) is 12.1 Å². The lowest BCUT2D eigenvalue weighted by Crippen LogP contribution is -2.54. The number of rotatable bonds is 6. The number of sulfone groups is 1. The van der Waals surface area contributed by atoms with E-state index in [1.165, 1.54) is 17.0 Å². The number of carbonyl (C=O) groups is 2. The van der Waals surface area contributed by atoms with E-state index < -0.39 is 38.7 Å². The molecule has 1 aromatic heterocycles. The first-order valence-electron chi connectivity index (χ1n) is 11.6. The second kappa shape index (κ2) is 10.2. The minimum absolute atomic E-state index is 0.0531. The van der Waals surface area contributed by atoms with Crippen molar-refractivity contribution < 1.29 is 27.5 Å². The van der Waals surface area contributed by atoms with Gasteiger partial charge in [-0.05, 0) is 55.2 Å². The third-order valence-electron chi connectivity index (χ3n) is 6.32. The van der Waals surface area contributed by atoms with Crippen LogP contribution < -0.4 is 5.32 Å². The maximum Gasteiger partial charge on any atom is 0.276 e. The molecule has 0 spiro atoms. The fraction of sp³-hybridized carbons (Fsp3) is 0.360. The number of aromatic hydroxyl groups is 1. The van der Waals surface area contributed by atoms with Gasteiger partial charge in [-0.3, -0.25) is 9.59 Å². The predicted molar refractivity (Wildman–Crippen MR) is 130 cm³/mol. The molecule has 0 bridgehead atoms. The summed E-state index contributed by atoms with van der Waals surface area (Å²) in [5, 5.41) is 12.2. The lowest BCUT2D eigenvalue weighted by atomic mass is 10.0. The molecule has 1 aliphatic rings. The van der Waals surface area contributed by atoms with Gasteiger partial charge in [-0.1, -0.05) is 26.0 Å². The molecule has 1 fully saturated rings. The van der Waals surface area contributed by atoms with E-state index in [4.69, 9.17) is 0 Å². The zero-order valence-electron chi connectivity index (χ0n) is 19.9. The van der Waals surface area contributed by atoms with Gasteiger partial charge in [-0.15, -0.1) is 0 Å². The number of hydrogen-bond donors (Lipinski definition) is 2. The fourth-order valence-electron chi connectivity index (χ4n) is 4.27. The van der Waals surface area contributed by atoms with Gasteiger partial charge in [0, 0.05) is 13.1 Å². The highest BCUT2D eigenvalue weighted by Gasteiger charge is 2.36. The van der Waals surface area contributed by atoms with Crippen LogP contribution in [0.5, 0.6) is 5.88 Å². The molecule has 1 atom stereocenters. The van der Waals surface area contributed by atoms with Crippen LogP contribution in [-0.4, -0.2) is 64.6 Å². The first-order chi connectivity index (χ1) is 17.1. The van der Waals surface area contributed by atoms with Crippen LogP contribution in [0, 0.1) is 11.7 Å². The van der Waals surface area contributed by atoms with Crippen LogP contribution >= 0.6 is 0 Å². The monoisotopic (exact) mass is 514 g/mol. The number of amides is 2. The van der Waals surface area contributed by atoms with Crippen LogP contribution in [0.2, 0.25) is 0 Å². The zero-order chi connectivity index (χ0) is 26.0. The molecule has 4 rings (SSSR count). The minimum Gasteiger partial charge on any atom is -0.492 e. The molecule has 9 nitrogen and oxygen atoms in total. The van der Waals surface area contributed by atoms with Crippen molar-refractivity contribution in [2.75, 3.05) is 13.1 Å². The van der Waals surface area contributed by atoms with Gasteiger partial charge in [0.2, 0.25) is 11.8 Å². The first kappa shape index (κ1) is 25.5. The third-order valence-corrected chi connectivity index (χ3v) is 8.60. The van der Waals surface area contributed by atoms with E-state index in [9.17, 15) is 27.5 Å². The van der Waals surface area contributed by atoms with Crippen molar-refractivity contribution in [2.24, 2.45) is 5.92 Å². The highest BCUT2D eigenvalue weighted by molar-refractivity contribution is 7.92. The first-order valence-corrected chi connectivity index (χ1v) is 13.2. The topological polar surface area (TPSA) is 130 Å². The predicted octanol–water partition coefficient (Wildman–Crippen LogP) is 2.69. The summed E-state index contributed by atoms with van der Waals surface area (Å²) >= 11 is 0. The number of benzene rings is 2. The molecule has 2 amide bonds. The molecule has 0 radical (unpaired) electrons. The Balaban J connectivity index is 1.45. The van der Waals surface area contributed by atoms with Crippen molar-refractivity contribution in [1.82, 2.24) is 20.2 Å². The number of nitrogens with one attached hydrogen (secondary N) is 1. The smallest absolute Gasteiger partial charge is 0.276 e. The third kappa shape index (κ3) is 5.15. The van der Waals surface area contributed by atoms with Gasteiger partial charge in [0.05, 0.1) is 21.2 Å². The standard InChI is InChI=1S/C25H27FN4O5S/c1-15(2)21(29-24(32)22-23(31)28-20-6-4-3-5-19(20)27-22)25(33)30-13-11-18(12-14-30)36(34,35)17-9-7-16(26)8-10-17/h3-10,15,18,21H,11-14H2,1-2H3,(H,28,31)(H,29,32)/t21-/m0/s1. The second-order valence-electron chi connectivity index (χ2n) is 9.10. The molecule has 11 heteroatoms. The normalized spacial score (nSPS) is 15.7. The maximum atomic E-state index is 13.3. The summed E-state index contributed by atoms with van der Waals surface area (Å²) in [6.07, 6.45) is 0.447. The molecular formula is C25H27FN4O5S. The van der Waals surface area contributed by atoms with E-state index in [2.05, 4.69) is 15.3 Å². The number of piperidine rings is 1. The summed E-state index contributed by atoms with van der Waals surface area (Å²) in [5.41, 5.74) is 0.579. The number of halogens is 1. The lowest BCUT2D eigenvalue weighted by molar-refractivity contribution is -0.135. The second-order valence-corrected chi connectivity index (χ2v) is 11.3. The Morgan fingerprint density at radius 3 is 2.19 bits per heavy atom. The Hall–Kier alpha value is -3.60. The number of hydrogen-bond acceptors (Lipinski definition) is 7. The van der Waals surface area contributed by atoms with E-state index in [1.54, 1.807) is 38.1 Å². The molecule has 0 unspecified atom stereocenters. The van der Waals surface area contributed by atoms with Crippen LogP contribution in [0.25, 0.3) is 11.0 Å². The van der Waals surface area contributed by atoms with Crippen LogP contribution in [0.3, 0.4) is 0 Å². The number of likely N-dealkylation sites (tertiary alicyclic amines) is 1. The minimum atomic E-state index is -3.66. The van der Waals surface area contributed by atoms with Crippen LogP contribution in [-0.2, 0) is 14.6 Å². The molecule has 190 valence electrons. The van der Waals surface area contributed by atoms with E-state index in [-0.39, 0.29) is 48.3 Å². The Kier molecular flexibility index (Phi) is 7.21. The summed E-state index contributed by atoms with van der Waals surface area (Å²) in [6.45, 7) is 3.95. The summed E-state index contributed by atoms with van der Waals surface area (Å²) < 4.78 is 39.0. The quantitative estimate of drug-likeness (QED) is 0.484. The zero-order valence-corrected chi connectivity index (χ0v) is 20.7. The van der Waals surface area contributed by atoms with Crippen molar-refractivity contribution >= 4 is 32.7 Å². The number of fused-ring (bicyclic) bond motifs is 1. The Labute approximate surface area is 208 Å². The van der Waals surface area contributed by atoms with Gasteiger partial charge < -0.3 is 15.3 Å². The lowest BCUT2D eigenvalue weighted by Gasteiger charge is -2.35. The molecule has 2 heterocycles. The van der Waals surface area contributed by atoms with Crippen LogP contribution in [0.1, 0.15) is 37.2 Å². The Morgan fingerprint density at radius 2 is 1.61 bits per heavy atom. The number of nitrogens with zero attached hydrogens (tertiary/aromatic N) is 3. The average molecular weight is 515 g/mol. The van der Waals surface area contributed by atoms with E-state index in [1.807, 2.05) is 0 Å². The molecule has 2 N–H and O–H groups in total. The summed E-state index contributed by atoms with van der Waals surface area (Å²) in [5.74, 6) is -2.40. The van der Waals surface area contributed by atoms with E-state index in [0.29, 0.717) is 11.0 Å². The largest absolute Gasteiger partial charge is 0.492 e. The molecule has 2 aromatic carbocycles. The molecule has 1 saturated heterocycles. The average Bonchev–Trinajstić information content (AvgIpc) is 2.86. The van der Waals surface area contributed by atoms with E-state index >= 15 is 0 Å². The van der Waals surface area contributed by atoms with Crippen molar-refractivity contribution in [3.05, 3.63) is 60.0 Å². The molecular weight excluding hydrogens is 487 g/mol. The van der Waals surface area contributed by atoms with Crippen LogP contribution in [0.4, 0.5) is 4.39 Å². The fourth-order valence-corrected chi connectivity index (χ4v) is 6.00. The van der Waals surface area contributed by atoms with Gasteiger partial charge in [-0.2, -0.15) is 0 Å². The molecule has 0 aliphatic carbocycles. The van der Waals surface area contributed by atoms with Gasteiger partial charge in [0.1, 0.15) is 11.9 Å². The highest BCUT2D eigenvalue weighted by Crippen LogP contribution is 2.26. The van der Waals surface area contributed by atoms with Gasteiger partial charge in [0.15, 0.2) is 15.5 Å². The summed E-state index contributed by atoms with van der Waals surface area (Å²) in [6, 6.07) is 10.6. The Bertz CT molecular complexity index is 1390. The highest BCUT2D eigenvalue weighted by atomic mass is 32.2. The molecule has 0 saturated carbocycles.